The van der Waals surface area contributed by atoms with E-state index in [4.69, 9.17) is 4.74 Å². The number of hydrogen-bond acceptors (Lipinski definition) is 6. The van der Waals surface area contributed by atoms with Crippen molar-refractivity contribution in [3.05, 3.63) is 75.3 Å². The highest BCUT2D eigenvalue weighted by Crippen LogP contribution is 2.57. The third-order valence-corrected chi connectivity index (χ3v) is 5.51. The highest BCUT2D eigenvalue weighted by Gasteiger charge is 2.67. The predicted octanol–water partition coefficient (Wildman–Crippen LogP) is 2.31. The second-order valence-corrected chi connectivity index (χ2v) is 6.79. The number of benzene rings is 2. The third kappa shape index (κ3) is 2.21. The molecule has 1 N–H and O–H groups in total. The van der Waals surface area contributed by atoms with Crippen LogP contribution >= 0.6 is 0 Å². The van der Waals surface area contributed by atoms with Crippen molar-refractivity contribution in [3.8, 4) is 0 Å². The molecular formula is C20H18N2O6. The van der Waals surface area contributed by atoms with E-state index in [2.05, 4.69) is 0 Å². The zero-order chi connectivity index (χ0) is 20.1. The number of aliphatic hydroxyl groups is 1. The van der Waals surface area contributed by atoms with Crippen LogP contribution in [0.5, 0.6) is 0 Å². The topological polar surface area (TPSA) is 110 Å². The standard InChI is InChI=1S/C20H18N2O6/c1-2-28-19(25)20-14-9-5-3-8-13(14)18(24)21(20)17(23)11-15(20)12-7-4-6-10-16(12)22(26)27/h3-10,15,17,23H,2,11H2,1H3/t15-,17+,20+/m0/s1. The first kappa shape index (κ1) is 18.1. The molecule has 2 aliphatic heterocycles. The number of nitro groups is 1. The number of aliphatic hydroxyl groups excluding tert-OH is 1. The van der Waals surface area contributed by atoms with E-state index in [1.54, 1.807) is 43.3 Å². The summed E-state index contributed by atoms with van der Waals surface area (Å²) in [5.74, 6) is -2.01. The Hall–Kier alpha value is -3.26. The van der Waals surface area contributed by atoms with Crippen LogP contribution in [0, 0.1) is 10.1 Å². The fourth-order valence-electron chi connectivity index (χ4n) is 4.53. The van der Waals surface area contributed by atoms with E-state index in [9.17, 15) is 24.8 Å². The molecule has 0 aromatic heterocycles. The molecule has 0 spiro atoms. The van der Waals surface area contributed by atoms with Gasteiger partial charge < -0.3 is 9.84 Å². The molecule has 4 rings (SSSR count). The van der Waals surface area contributed by atoms with Gasteiger partial charge in [0, 0.05) is 35.1 Å². The van der Waals surface area contributed by atoms with Crippen LogP contribution in [0.1, 0.15) is 40.7 Å². The van der Waals surface area contributed by atoms with E-state index in [-0.39, 0.29) is 29.8 Å². The van der Waals surface area contributed by atoms with Crippen LogP contribution in [-0.2, 0) is 15.1 Å². The van der Waals surface area contributed by atoms with Crippen LogP contribution in [-0.4, -0.2) is 39.6 Å². The molecule has 1 amide bonds. The summed E-state index contributed by atoms with van der Waals surface area (Å²) in [5.41, 5.74) is -0.834. The summed E-state index contributed by atoms with van der Waals surface area (Å²) < 4.78 is 5.32. The number of para-hydroxylation sites is 1. The van der Waals surface area contributed by atoms with Crippen LogP contribution < -0.4 is 0 Å². The molecular weight excluding hydrogens is 364 g/mol. The average molecular weight is 382 g/mol. The molecule has 0 bridgehead atoms. The van der Waals surface area contributed by atoms with Gasteiger partial charge in [-0.15, -0.1) is 0 Å². The molecule has 28 heavy (non-hydrogen) atoms. The van der Waals surface area contributed by atoms with Crippen LogP contribution in [0.15, 0.2) is 48.5 Å². The summed E-state index contributed by atoms with van der Waals surface area (Å²) in [6, 6.07) is 12.7. The Morgan fingerprint density at radius 2 is 1.96 bits per heavy atom. The second kappa shape index (κ2) is 6.42. The maximum Gasteiger partial charge on any atom is 0.337 e. The maximum atomic E-state index is 13.3. The molecule has 0 unspecified atom stereocenters. The van der Waals surface area contributed by atoms with E-state index in [1.165, 1.54) is 12.1 Å². The van der Waals surface area contributed by atoms with Crippen LogP contribution in [0.2, 0.25) is 0 Å². The Labute approximate surface area is 160 Å². The molecule has 0 radical (unpaired) electrons. The number of carbonyl (C=O) groups is 2. The Bertz CT molecular complexity index is 990. The number of amides is 1. The van der Waals surface area contributed by atoms with E-state index in [1.807, 2.05) is 0 Å². The highest BCUT2D eigenvalue weighted by molar-refractivity contribution is 6.07. The normalized spacial score (nSPS) is 25.4. The van der Waals surface area contributed by atoms with Gasteiger partial charge in [0.05, 0.1) is 11.5 Å². The van der Waals surface area contributed by atoms with Crippen molar-refractivity contribution in [2.75, 3.05) is 6.61 Å². The lowest BCUT2D eigenvalue weighted by Crippen LogP contribution is -2.51. The van der Waals surface area contributed by atoms with Crippen LogP contribution in [0.25, 0.3) is 0 Å². The SMILES string of the molecule is CCOC(=O)[C@]12c3ccccc3C(=O)N1[C@H](O)C[C@H]2c1ccccc1[N+](=O)[O-]. The largest absolute Gasteiger partial charge is 0.464 e. The summed E-state index contributed by atoms with van der Waals surface area (Å²) in [5, 5.41) is 22.3. The molecule has 0 aliphatic carbocycles. The molecule has 8 nitrogen and oxygen atoms in total. The Morgan fingerprint density at radius 3 is 2.68 bits per heavy atom. The molecule has 0 saturated carbocycles. The summed E-state index contributed by atoms with van der Waals surface area (Å²) in [4.78, 5) is 38.5. The van der Waals surface area contributed by atoms with Gasteiger partial charge in [-0.25, -0.2) is 4.79 Å². The van der Waals surface area contributed by atoms with Gasteiger partial charge in [-0.1, -0.05) is 36.4 Å². The van der Waals surface area contributed by atoms with Gasteiger partial charge in [-0.2, -0.15) is 0 Å². The fraction of sp³-hybridized carbons (Fsp3) is 0.300. The molecule has 2 aliphatic rings. The lowest BCUT2D eigenvalue weighted by atomic mass is 9.75. The number of rotatable bonds is 4. The van der Waals surface area contributed by atoms with Crippen molar-refractivity contribution < 1.29 is 24.4 Å². The number of nitro benzene ring substituents is 1. The van der Waals surface area contributed by atoms with Crippen molar-refractivity contribution in [3.63, 3.8) is 0 Å². The van der Waals surface area contributed by atoms with Crippen molar-refractivity contribution in [1.82, 2.24) is 4.90 Å². The number of ether oxygens (including phenoxy) is 1. The number of nitrogens with zero attached hydrogens (tertiary/aromatic N) is 2. The molecule has 3 atom stereocenters. The van der Waals surface area contributed by atoms with Gasteiger partial charge in [0.15, 0.2) is 5.54 Å². The van der Waals surface area contributed by atoms with Gasteiger partial charge in [-0.05, 0) is 13.0 Å². The summed E-state index contributed by atoms with van der Waals surface area (Å²) >= 11 is 0. The number of hydrogen-bond donors (Lipinski definition) is 1. The summed E-state index contributed by atoms with van der Waals surface area (Å²) in [7, 11) is 0. The Kier molecular flexibility index (Phi) is 4.15. The zero-order valence-electron chi connectivity index (χ0n) is 15.1. The smallest absolute Gasteiger partial charge is 0.337 e. The van der Waals surface area contributed by atoms with Gasteiger partial charge in [0.1, 0.15) is 6.23 Å². The highest BCUT2D eigenvalue weighted by atomic mass is 16.6. The quantitative estimate of drug-likeness (QED) is 0.494. The number of carbonyl (C=O) groups excluding carboxylic acids is 2. The molecule has 2 aromatic carbocycles. The first-order valence-electron chi connectivity index (χ1n) is 8.96. The first-order valence-corrected chi connectivity index (χ1v) is 8.96. The van der Waals surface area contributed by atoms with Crippen LogP contribution in [0.3, 0.4) is 0 Å². The fourth-order valence-corrected chi connectivity index (χ4v) is 4.53. The monoisotopic (exact) mass is 382 g/mol. The Morgan fingerprint density at radius 1 is 1.29 bits per heavy atom. The maximum absolute atomic E-state index is 13.3. The molecule has 2 aromatic rings. The summed E-state index contributed by atoms with van der Waals surface area (Å²) in [6.45, 7) is 1.72. The lowest BCUT2D eigenvalue weighted by molar-refractivity contribution is -0.385. The minimum atomic E-state index is -1.64. The number of fused-ring (bicyclic) bond motifs is 3. The third-order valence-electron chi connectivity index (χ3n) is 5.51. The van der Waals surface area contributed by atoms with E-state index in [0.717, 1.165) is 4.90 Å². The van der Waals surface area contributed by atoms with E-state index < -0.39 is 34.5 Å². The Balaban J connectivity index is 2.02. The van der Waals surface area contributed by atoms with Gasteiger partial charge >= 0.3 is 5.97 Å². The molecule has 1 saturated heterocycles. The molecule has 144 valence electrons. The summed E-state index contributed by atoms with van der Waals surface area (Å²) in [6.07, 6.45) is -1.28. The van der Waals surface area contributed by atoms with Gasteiger partial charge in [0.2, 0.25) is 0 Å². The van der Waals surface area contributed by atoms with Crippen molar-refractivity contribution in [2.45, 2.75) is 31.0 Å². The van der Waals surface area contributed by atoms with E-state index in [0.29, 0.717) is 5.56 Å². The minimum absolute atomic E-state index is 0.0102. The van der Waals surface area contributed by atoms with Gasteiger partial charge in [0.25, 0.3) is 11.6 Å². The molecule has 2 heterocycles. The molecule has 1 fully saturated rings. The van der Waals surface area contributed by atoms with Crippen LogP contribution in [0.4, 0.5) is 5.69 Å². The first-order chi connectivity index (χ1) is 13.4. The second-order valence-electron chi connectivity index (χ2n) is 6.79. The van der Waals surface area contributed by atoms with Crippen molar-refractivity contribution >= 4 is 17.6 Å². The molecule has 8 heteroatoms. The lowest BCUT2D eigenvalue weighted by Gasteiger charge is -2.35. The number of esters is 1. The zero-order valence-corrected chi connectivity index (χ0v) is 15.1. The predicted molar refractivity (Wildman–Crippen MR) is 97.4 cm³/mol. The van der Waals surface area contributed by atoms with Gasteiger partial charge in [-0.3, -0.25) is 19.8 Å². The van der Waals surface area contributed by atoms with E-state index >= 15 is 0 Å². The van der Waals surface area contributed by atoms with Crippen molar-refractivity contribution in [2.24, 2.45) is 0 Å². The van der Waals surface area contributed by atoms with Crippen molar-refractivity contribution in [1.29, 1.82) is 0 Å². The minimum Gasteiger partial charge on any atom is -0.464 e. The average Bonchev–Trinajstić information content (AvgIpc) is 3.14.